The SMILES string of the molecule is CN(C)C(=N)NC(=N)NC(=O)CCCC(=O)Nc1ccc(C(=O)OC(C)(C)C)cc1. The molecule has 0 bridgehead atoms. The van der Waals surface area contributed by atoms with Gasteiger partial charge in [0.25, 0.3) is 0 Å². The van der Waals surface area contributed by atoms with Gasteiger partial charge in [0.05, 0.1) is 5.56 Å². The number of guanidine groups is 2. The van der Waals surface area contributed by atoms with Crippen molar-refractivity contribution in [3.63, 3.8) is 0 Å². The van der Waals surface area contributed by atoms with E-state index in [2.05, 4.69) is 16.0 Å². The molecular weight excluding hydrogens is 388 g/mol. The van der Waals surface area contributed by atoms with E-state index < -0.39 is 17.5 Å². The molecule has 0 aliphatic carbocycles. The maximum absolute atomic E-state index is 12.0. The Morgan fingerprint density at radius 2 is 1.53 bits per heavy atom. The van der Waals surface area contributed by atoms with E-state index >= 15 is 0 Å². The first kappa shape index (κ1) is 24.6. The van der Waals surface area contributed by atoms with Crippen LogP contribution in [0.4, 0.5) is 5.69 Å². The van der Waals surface area contributed by atoms with Crippen LogP contribution in [0.3, 0.4) is 0 Å². The van der Waals surface area contributed by atoms with E-state index in [-0.39, 0.29) is 30.7 Å². The van der Waals surface area contributed by atoms with Gasteiger partial charge in [-0.3, -0.25) is 31.0 Å². The van der Waals surface area contributed by atoms with E-state index in [1.54, 1.807) is 59.1 Å². The largest absolute Gasteiger partial charge is 0.456 e. The van der Waals surface area contributed by atoms with Crippen molar-refractivity contribution in [2.75, 3.05) is 19.4 Å². The Hall–Kier alpha value is -3.43. The molecule has 0 unspecified atom stereocenters. The molecule has 0 aromatic heterocycles. The zero-order valence-corrected chi connectivity index (χ0v) is 18.0. The average molecular weight is 418 g/mol. The van der Waals surface area contributed by atoms with Crippen LogP contribution >= 0.6 is 0 Å². The molecular formula is C20H30N6O4. The molecule has 10 nitrogen and oxygen atoms in total. The first-order valence-electron chi connectivity index (χ1n) is 9.42. The summed E-state index contributed by atoms with van der Waals surface area (Å²) >= 11 is 0. The molecule has 0 fully saturated rings. The fourth-order valence-corrected chi connectivity index (χ4v) is 2.12. The summed E-state index contributed by atoms with van der Waals surface area (Å²) in [4.78, 5) is 37.2. The van der Waals surface area contributed by atoms with Crippen LogP contribution in [0.5, 0.6) is 0 Å². The number of benzene rings is 1. The molecule has 1 aromatic carbocycles. The third kappa shape index (κ3) is 9.67. The zero-order valence-electron chi connectivity index (χ0n) is 18.0. The van der Waals surface area contributed by atoms with Gasteiger partial charge in [0.1, 0.15) is 5.60 Å². The van der Waals surface area contributed by atoms with Gasteiger partial charge in [0.2, 0.25) is 17.8 Å². The van der Waals surface area contributed by atoms with Gasteiger partial charge < -0.3 is 15.0 Å². The second-order valence-electron chi connectivity index (χ2n) is 7.77. The predicted molar refractivity (Wildman–Crippen MR) is 115 cm³/mol. The molecule has 1 rings (SSSR count). The molecule has 0 aliphatic rings. The van der Waals surface area contributed by atoms with Crippen LogP contribution < -0.4 is 16.0 Å². The van der Waals surface area contributed by atoms with Crippen LogP contribution in [0.15, 0.2) is 24.3 Å². The van der Waals surface area contributed by atoms with Gasteiger partial charge in [0.15, 0.2) is 5.96 Å². The summed E-state index contributed by atoms with van der Waals surface area (Å²) in [6.07, 6.45) is 0.478. The number of hydrogen-bond acceptors (Lipinski definition) is 6. The number of esters is 1. The molecule has 0 saturated carbocycles. The lowest BCUT2D eigenvalue weighted by Gasteiger charge is -2.19. The fraction of sp³-hybridized carbons (Fsp3) is 0.450. The smallest absolute Gasteiger partial charge is 0.338 e. The zero-order chi connectivity index (χ0) is 22.9. The Kier molecular flexibility index (Phi) is 8.97. The lowest BCUT2D eigenvalue weighted by atomic mass is 10.1. The molecule has 1 aromatic rings. The number of rotatable bonds is 6. The van der Waals surface area contributed by atoms with Crippen molar-refractivity contribution in [1.29, 1.82) is 10.8 Å². The average Bonchev–Trinajstić information content (AvgIpc) is 2.60. The molecule has 10 heteroatoms. The number of anilines is 1. The standard InChI is InChI=1S/C20H30N6O4/c1-20(2,3)30-17(29)13-9-11-14(12-10-13)23-15(27)7-6-8-16(28)24-18(21)25-19(22)26(4)5/h9-12H,6-8H2,1-5H3,(H,23,27)(H4,21,22,24,25,28). The summed E-state index contributed by atoms with van der Waals surface area (Å²) in [6, 6.07) is 6.36. The van der Waals surface area contributed by atoms with Crippen LogP contribution in [-0.2, 0) is 14.3 Å². The normalized spacial score (nSPS) is 10.6. The number of amides is 2. The summed E-state index contributed by atoms with van der Waals surface area (Å²) in [5.41, 5.74) is 0.335. The second-order valence-corrected chi connectivity index (χ2v) is 7.77. The van der Waals surface area contributed by atoms with Gasteiger partial charge in [-0.25, -0.2) is 4.79 Å². The fourth-order valence-electron chi connectivity index (χ4n) is 2.12. The van der Waals surface area contributed by atoms with Gasteiger partial charge in [0, 0.05) is 32.6 Å². The Balaban J connectivity index is 2.38. The quantitative estimate of drug-likeness (QED) is 0.271. The summed E-state index contributed by atoms with van der Waals surface area (Å²) in [6.45, 7) is 5.36. The number of nitrogens with zero attached hydrogens (tertiary/aromatic N) is 1. The van der Waals surface area contributed by atoms with E-state index in [0.717, 1.165) is 0 Å². The molecule has 0 heterocycles. The molecule has 0 saturated heterocycles. The third-order valence-corrected chi connectivity index (χ3v) is 3.57. The Morgan fingerprint density at radius 3 is 2.07 bits per heavy atom. The highest BCUT2D eigenvalue weighted by molar-refractivity contribution is 6.03. The molecule has 30 heavy (non-hydrogen) atoms. The van der Waals surface area contributed by atoms with E-state index in [1.807, 2.05) is 0 Å². The van der Waals surface area contributed by atoms with Crippen molar-refractivity contribution >= 4 is 35.4 Å². The van der Waals surface area contributed by atoms with Crippen LogP contribution in [0.2, 0.25) is 0 Å². The van der Waals surface area contributed by atoms with Gasteiger partial charge in [-0.05, 0) is 51.5 Å². The van der Waals surface area contributed by atoms with E-state index in [9.17, 15) is 14.4 Å². The van der Waals surface area contributed by atoms with E-state index in [1.165, 1.54) is 4.90 Å². The topological polar surface area (TPSA) is 147 Å². The van der Waals surface area contributed by atoms with Crippen molar-refractivity contribution in [2.24, 2.45) is 0 Å². The highest BCUT2D eigenvalue weighted by Crippen LogP contribution is 2.15. The Labute approximate surface area is 176 Å². The van der Waals surface area contributed by atoms with Crippen LogP contribution in [0.25, 0.3) is 0 Å². The van der Waals surface area contributed by atoms with Crippen LogP contribution in [-0.4, -0.2) is 54.3 Å². The highest BCUT2D eigenvalue weighted by atomic mass is 16.6. The van der Waals surface area contributed by atoms with Gasteiger partial charge in [-0.1, -0.05) is 0 Å². The van der Waals surface area contributed by atoms with Crippen molar-refractivity contribution in [3.05, 3.63) is 29.8 Å². The lowest BCUT2D eigenvalue weighted by molar-refractivity contribution is -0.120. The monoisotopic (exact) mass is 418 g/mol. The molecule has 164 valence electrons. The second kappa shape index (κ2) is 10.9. The molecule has 0 spiro atoms. The van der Waals surface area contributed by atoms with Gasteiger partial charge in [-0.2, -0.15) is 0 Å². The van der Waals surface area contributed by atoms with E-state index in [4.69, 9.17) is 15.6 Å². The number of carbonyl (C=O) groups is 3. The molecule has 0 atom stereocenters. The van der Waals surface area contributed by atoms with Crippen LogP contribution in [0.1, 0.15) is 50.4 Å². The minimum absolute atomic E-state index is 0.0302. The Morgan fingerprint density at radius 1 is 0.967 bits per heavy atom. The maximum Gasteiger partial charge on any atom is 0.338 e. The maximum atomic E-state index is 12.0. The van der Waals surface area contributed by atoms with Gasteiger partial charge in [-0.15, -0.1) is 0 Å². The highest BCUT2D eigenvalue weighted by Gasteiger charge is 2.17. The lowest BCUT2D eigenvalue weighted by Crippen LogP contribution is -2.47. The number of hydrogen-bond donors (Lipinski definition) is 5. The minimum atomic E-state index is -0.584. The molecule has 0 aliphatic heterocycles. The number of ether oxygens (including phenoxy) is 1. The van der Waals surface area contributed by atoms with Crippen molar-refractivity contribution in [2.45, 2.75) is 45.6 Å². The molecule has 5 N–H and O–H groups in total. The van der Waals surface area contributed by atoms with Crippen molar-refractivity contribution in [3.8, 4) is 0 Å². The third-order valence-electron chi connectivity index (χ3n) is 3.57. The van der Waals surface area contributed by atoms with Gasteiger partial charge >= 0.3 is 5.97 Å². The summed E-state index contributed by atoms with van der Waals surface area (Å²) in [7, 11) is 3.27. The summed E-state index contributed by atoms with van der Waals surface area (Å²) in [5, 5.41) is 22.5. The first-order chi connectivity index (χ1) is 13.9. The minimum Gasteiger partial charge on any atom is -0.456 e. The Bertz CT molecular complexity index is 797. The van der Waals surface area contributed by atoms with Crippen LogP contribution in [0, 0.1) is 10.8 Å². The summed E-state index contributed by atoms with van der Waals surface area (Å²) in [5.74, 6) is -1.46. The van der Waals surface area contributed by atoms with Crippen molar-refractivity contribution < 1.29 is 19.1 Å². The van der Waals surface area contributed by atoms with E-state index in [0.29, 0.717) is 17.7 Å². The van der Waals surface area contributed by atoms with Crippen molar-refractivity contribution in [1.82, 2.24) is 15.5 Å². The predicted octanol–water partition coefficient (Wildman–Crippen LogP) is 1.89. The molecule has 0 radical (unpaired) electrons. The number of carbonyl (C=O) groups excluding carboxylic acids is 3. The first-order valence-corrected chi connectivity index (χ1v) is 9.42. The number of nitrogens with one attached hydrogen (secondary N) is 5. The molecule has 2 amide bonds. The summed E-state index contributed by atoms with van der Waals surface area (Å²) < 4.78 is 5.28.